The summed E-state index contributed by atoms with van der Waals surface area (Å²) in [5.74, 6) is -3.79. The highest BCUT2D eigenvalue weighted by Gasteiger charge is 2.47. The van der Waals surface area contributed by atoms with Gasteiger partial charge in [-0.25, -0.2) is 13.6 Å². The monoisotopic (exact) mass is 355 g/mol. The van der Waals surface area contributed by atoms with Crippen molar-refractivity contribution in [3.8, 4) is 5.75 Å². The third-order valence-electron chi connectivity index (χ3n) is 1.90. The Labute approximate surface area is 116 Å². The standard InChI is InChI=1S/C7H3F6N3O5S/c8-6(9,10)4-2(21-7(11,12)13)1-3(16(17)18)15-5(4)22(14,19)20/h1H,(H2,14,19,20). The van der Waals surface area contributed by atoms with Gasteiger partial charge < -0.3 is 14.9 Å². The predicted molar refractivity (Wildman–Crippen MR) is 53.9 cm³/mol. The Balaban J connectivity index is 3.86. The molecule has 22 heavy (non-hydrogen) atoms. The zero-order valence-electron chi connectivity index (χ0n) is 9.77. The van der Waals surface area contributed by atoms with Gasteiger partial charge in [-0.1, -0.05) is 0 Å². The molecule has 0 aliphatic rings. The van der Waals surface area contributed by atoms with Gasteiger partial charge in [0, 0.05) is 0 Å². The number of aromatic nitrogens is 1. The van der Waals surface area contributed by atoms with E-state index in [2.05, 4.69) is 14.9 Å². The van der Waals surface area contributed by atoms with Crippen LogP contribution in [0.3, 0.4) is 0 Å². The molecule has 0 atom stereocenters. The Bertz CT molecular complexity index is 713. The first-order valence-corrected chi connectivity index (χ1v) is 6.22. The molecule has 0 fully saturated rings. The van der Waals surface area contributed by atoms with Crippen molar-refractivity contribution in [1.29, 1.82) is 0 Å². The number of ether oxygens (including phenoxy) is 1. The molecule has 1 rings (SSSR count). The summed E-state index contributed by atoms with van der Waals surface area (Å²) in [4.78, 5) is 11.5. The van der Waals surface area contributed by atoms with Crippen LogP contribution in [0.5, 0.6) is 5.75 Å². The van der Waals surface area contributed by atoms with Crippen LogP contribution in [0.1, 0.15) is 5.56 Å². The summed E-state index contributed by atoms with van der Waals surface area (Å²) in [5, 5.41) is 12.7. The van der Waals surface area contributed by atoms with Crippen molar-refractivity contribution in [3.63, 3.8) is 0 Å². The minimum atomic E-state index is -5.69. The fourth-order valence-corrected chi connectivity index (χ4v) is 1.97. The lowest BCUT2D eigenvalue weighted by Gasteiger charge is -2.15. The summed E-state index contributed by atoms with van der Waals surface area (Å²) in [6.45, 7) is 0. The molecule has 0 aliphatic heterocycles. The molecule has 1 heterocycles. The lowest BCUT2D eigenvalue weighted by atomic mass is 10.2. The highest BCUT2D eigenvalue weighted by atomic mass is 32.2. The van der Waals surface area contributed by atoms with Gasteiger partial charge >= 0.3 is 18.4 Å². The summed E-state index contributed by atoms with van der Waals surface area (Å²) in [6.07, 6.45) is -11.4. The second-order valence-electron chi connectivity index (χ2n) is 3.51. The van der Waals surface area contributed by atoms with Crippen molar-refractivity contribution >= 4 is 15.8 Å². The number of nitrogens with zero attached hydrogens (tertiary/aromatic N) is 2. The zero-order chi connectivity index (χ0) is 17.5. The van der Waals surface area contributed by atoms with E-state index in [1.54, 1.807) is 0 Å². The molecule has 124 valence electrons. The van der Waals surface area contributed by atoms with Gasteiger partial charge in [-0.05, 0) is 9.91 Å². The first-order valence-electron chi connectivity index (χ1n) is 4.68. The molecule has 0 aromatic carbocycles. The van der Waals surface area contributed by atoms with Crippen LogP contribution in [-0.2, 0) is 16.2 Å². The number of rotatable bonds is 3. The summed E-state index contributed by atoms with van der Waals surface area (Å²) in [6, 6.07) is -0.314. The molecule has 0 spiro atoms. The molecule has 0 saturated carbocycles. The van der Waals surface area contributed by atoms with Gasteiger partial charge in [-0.15, -0.1) is 13.2 Å². The molecule has 1 aromatic rings. The third-order valence-corrected chi connectivity index (χ3v) is 2.74. The minimum Gasteiger partial charge on any atom is -0.405 e. The van der Waals surface area contributed by atoms with E-state index < -0.39 is 49.6 Å². The van der Waals surface area contributed by atoms with Gasteiger partial charge in [-0.2, -0.15) is 13.2 Å². The number of halogens is 6. The van der Waals surface area contributed by atoms with Crippen molar-refractivity contribution in [2.75, 3.05) is 0 Å². The third kappa shape index (κ3) is 4.17. The topological polar surface area (TPSA) is 125 Å². The molecule has 2 N–H and O–H groups in total. The van der Waals surface area contributed by atoms with Crippen LogP contribution in [0.25, 0.3) is 0 Å². The largest absolute Gasteiger partial charge is 0.573 e. The van der Waals surface area contributed by atoms with E-state index >= 15 is 0 Å². The van der Waals surface area contributed by atoms with Crippen LogP contribution < -0.4 is 9.88 Å². The van der Waals surface area contributed by atoms with Gasteiger partial charge in [0.25, 0.3) is 15.0 Å². The van der Waals surface area contributed by atoms with Crippen LogP contribution in [0, 0.1) is 10.1 Å². The van der Waals surface area contributed by atoms with Gasteiger partial charge in [0.1, 0.15) is 0 Å². The summed E-state index contributed by atoms with van der Waals surface area (Å²) < 4.78 is 99.7. The van der Waals surface area contributed by atoms with Crippen molar-refractivity contribution in [1.82, 2.24) is 4.98 Å². The number of hydrogen-bond donors (Lipinski definition) is 1. The Morgan fingerprint density at radius 1 is 1.23 bits per heavy atom. The molecule has 0 unspecified atom stereocenters. The summed E-state index contributed by atoms with van der Waals surface area (Å²) in [5.41, 5.74) is -2.50. The Kier molecular flexibility index (Phi) is 4.26. The summed E-state index contributed by atoms with van der Waals surface area (Å²) >= 11 is 0. The second-order valence-corrected chi connectivity index (χ2v) is 4.98. The van der Waals surface area contributed by atoms with Crippen molar-refractivity contribution in [2.24, 2.45) is 5.14 Å². The lowest BCUT2D eigenvalue weighted by molar-refractivity contribution is -0.390. The summed E-state index contributed by atoms with van der Waals surface area (Å²) in [7, 11) is -5.33. The number of nitrogens with two attached hydrogens (primary N) is 1. The first kappa shape index (κ1) is 17.9. The molecular formula is C7H3F6N3O5S. The second kappa shape index (κ2) is 5.24. The highest BCUT2D eigenvalue weighted by molar-refractivity contribution is 7.89. The highest BCUT2D eigenvalue weighted by Crippen LogP contribution is 2.42. The van der Waals surface area contributed by atoms with Crippen molar-refractivity contribution < 1.29 is 44.4 Å². The number of nitro groups is 1. The average molecular weight is 355 g/mol. The van der Waals surface area contributed by atoms with Crippen LogP contribution in [0.4, 0.5) is 32.2 Å². The predicted octanol–water partition coefficient (Wildman–Crippen LogP) is 1.55. The molecule has 0 saturated heterocycles. The van der Waals surface area contributed by atoms with E-state index in [1.807, 2.05) is 0 Å². The fraction of sp³-hybridized carbons (Fsp3) is 0.286. The maximum atomic E-state index is 12.8. The van der Waals surface area contributed by atoms with E-state index in [0.717, 1.165) is 0 Å². The van der Waals surface area contributed by atoms with Gasteiger partial charge in [-0.3, -0.25) is 0 Å². The average Bonchev–Trinajstić information content (AvgIpc) is 2.22. The lowest BCUT2D eigenvalue weighted by Crippen LogP contribution is -2.25. The Hall–Kier alpha value is -2.16. The number of hydrogen-bond acceptors (Lipinski definition) is 6. The Morgan fingerprint density at radius 3 is 2.05 bits per heavy atom. The first-order chi connectivity index (χ1) is 9.63. The number of sulfonamides is 1. The number of alkyl halides is 6. The number of primary sulfonamides is 1. The Morgan fingerprint density at radius 2 is 1.73 bits per heavy atom. The van der Waals surface area contributed by atoms with Crippen LogP contribution in [-0.4, -0.2) is 24.7 Å². The molecule has 8 nitrogen and oxygen atoms in total. The minimum absolute atomic E-state index is 0.314. The van der Waals surface area contributed by atoms with Crippen LogP contribution in [0.15, 0.2) is 11.1 Å². The van der Waals surface area contributed by atoms with E-state index in [9.17, 15) is 44.9 Å². The van der Waals surface area contributed by atoms with Gasteiger partial charge in [0.2, 0.25) is 0 Å². The SMILES string of the molecule is NS(=O)(=O)c1nc([N+](=O)[O-])cc(OC(F)(F)F)c1C(F)(F)F. The van der Waals surface area contributed by atoms with Gasteiger partial charge in [0.15, 0.2) is 11.3 Å². The molecular weight excluding hydrogens is 352 g/mol. The molecule has 0 bridgehead atoms. The molecule has 1 aromatic heterocycles. The molecule has 0 aliphatic carbocycles. The molecule has 15 heteroatoms. The maximum absolute atomic E-state index is 12.8. The van der Waals surface area contributed by atoms with E-state index in [4.69, 9.17) is 0 Å². The normalized spacial score (nSPS) is 13.0. The van der Waals surface area contributed by atoms with Crippen molar-refractivity contribution in [3.05, 3.63) is 21.7 Å². The van der Waals surface area contributed by atoms with Crippen molar-refractivity contribution in [2.45, 2.75) is 17.6 Å². The molecule has 0 radical (unpaired) electrons. The zero-order valence-corrected chi connectivity index (χ0v) is 10.6. The van der Waals surface area contributed by atoms with E-state index in [-0.39, 0.29) is 6.07 Å². The smallest absolute Gasteiger partial charge is 0.405 e. The van der Waals surface area contributed by atoms with E-state index in [0.29, 0.717) is 0 Å². The molecule has 0 amide bonds. The van der Waals surface area contributed by atoms with Gasteiger partial charge in [0.05, 0.1) is 6.07 Å². The fourth-order valence-electron chi connectivity index (χ4n) is 1.25. The maximum Gasteiger partial charge on any atom is 0.573 e. The quantitative estimate of drug-likeness (QED) is 0.498. The van der Waals surface area contributed by atoms with E-state index in [1.165, 1.54) is 0 Å². The van der Waals surface area contributed by atoms with Crippen LogP contribution >= 0.6 is 0 Å². The number of pyridine rings is 1. The van der Waals surface area contributed by atoms with Crippen LogP contribution in [0.2, 0.25) is 0 Å².